The van der Waals surface area contributed by atoms with E-state index in [4.69, 9.17) is 0 Å². The van der Waals surface area contributed by atoms with Gasteiger partial charge in [-0.1, -0.05) is 31.7 Å². The smallest absolute Gasteiger partial charge is 0.244 e. The number of fused-ring (bicyclic) bond motifs is 1. The van der Waals surface area contributed by atoms with Gasteiger partial charge in [0, 0.05) is 31.0 Å². The number of thioether (sulfide) groups is 1. The molecule has 1 amide bonds. The molecule has 2 aromatic rings. The van der Waals surface area contributed by atoms with Crippen molar-refractivity contribution >= 4 is 33.3 Å². The molecule has 1 saturated carbocycles. The monoisotopic (exact) mass is 463 g/mol. The Morgan fingerprint density at radius 3 is 2.61 bits per heavy atom. The highest BCUT2D eigenvalue weighted by Crippen LogP contribution is 2.34. The summed E-state index contributed by atoms with van der Waals surface area (Å²) < 4.78 is 28.8. The van der Waals surface area contributed by atoms with E-state index < -0.39 is 10.0 Å². The van der Waals surface area contributed by atoms with E-state index in [0.717, 1.165) is 37.8 Å². The van der Waals surface area contributed by atoms with Crippen LogP contribution in [0.15, 0.2) is 40.2 Å². The van der Waals surface area contributed by atoms with Crippen LogP contribution in [0.3, 0.4) is 0 Å². The lowest BCUT2D eigenvalue weighted by molar-refractivity contribution is -0.127. The van der Waals surface area contributed by atoms with Crippen molar-refractivity contribution in [3.05, 3.63) is 30.1 Å². The molecule has 0 spiro atoms. The van der Waals surface area contributed by atoms with Gasteiger partial charge in [-0.3, -0.25) is 9.20 Å². The minimum atomic E-state index is -3.58. The third-order valence-electron chi connectivity index (χ3n) is 5.77. The number of amides is 1. The zero-order chi connectivity index (χ0) is 22.0. The number of sulfonamides is 1. The van der Waals surface area contributed by atoms with Crippen LogP contribution in [0.5, 0.6) is 0 Å². The van der Waals surface area contributed by atoms with Crippen molar-refractivity contribution < 1.29 is 13.2 Å². The first-order valence-corrected chi connectivity index (χ1v) is 13.4. The van der Waals surface area contributed by atoms with Crippen molar-refractivity contribution in [3.63, 3.8) is 0 Å². The van der Waals surface area contributed by atoms with Gasteiger partial charge in [0.05, 0.1) is 10.6 Å². The first-order valence-electron chi connectivity index (χ1n) is 10.9. The van der Waals surface area contributed by atoms with Gasteiger partial charge in [-0.15, -0.1) is 10.2 Å². The average molecular weight is 464 g/mol. The summed E-state index contributed by atoms with van der Waals surface area (Å²) in [6.45, 7) is 4.45. The van der Waals surface area contributed by atoms with E-state index >= 15 is 0 Å². The second-order valence-corrected chi connectivity index (χ2v) is 10.8. The molecule has 0 atom stereocenters. The molecule has 4 rings (SSSR count). The van der Waals surface area contributed by atoms with Gasteiger partial charge in [-0.05, 0) is 50.7 Å². The normalized spacial score (nSPS) is 17.2. The quantitative estimate of drug-likeness (QED) is 0.530. The number of carbonyl (C=O) groups is 1. The van der Waals surface area contributed by atoms with Crippen LogP contribution in [-0.2, 0) is 14.8 Å². The van der Waals surface area contributed by atoms with E-state index in [1.54, 1.807) is 22.7 Å². The molecule has 2 aliphatic rings. The third-order valence-corrected chi connectivity index (χ3v) is 8.73. The fraction of sp³-hybridized carbons (Fsp3) is 0.571. The molecule has 1 fully saturated rings. The zero-order valence-electron chi connectivity index (χ0n) is 18.0. The molecule has 0 radical (unpaired) electrons. The Labute approximate surface area is 187 Å². The van der Waals surface area contributed by atoms with Crippen LogP contribution >= 0.6 is 11.8 Å². The topological polar surface area (TPSA) is 87.9 Å². The standard InChI is InChI=1S/C21H29N5O3S2/c1-3-24(4-2)31(28,29)18-12-13-19-22-23-21(25(19)14-18)30-15-20(27)26(17-10-11-17)16-8-6-5-7-9-16/h8,12-14,17H,3-7,9-11,15H2,1-2H3. The Morgan fingerprint density at radius 2 is 1.97 bits per heavy atom. The number of hydrogen-bond acceptors (Lipinski definition) is 6. The Kier molecular flexibility index (Phi) is 6.68. The van der Waals surface area contributed by atoms with Crippen molar-refractivity contribution in [3.8, 4) is 0 Å². The van der Waals surface area contributed by atoms with Gasteiger partial charge in [0.25, 0.3) is 0 Å². The number of carbonyl (C=O) groups excluding carboxylic acids is 1. The molecule has 0 saturated heterocycles. The molecule has 2 aromatic heterocycles. The number of pyridine rings is 1. The average Bonchev–Trinajstić information content (AvgIpc) is 3.52. The molecular formula is C21H29N5O3S2. The van der Waals surface area contributed by atoms with E-state index in [1.807, 2.05) is 18.7 Å². The van der Waals surface area contributed by atoms with Crippen molar-refractivity contribution in [2.24, 2.45) is 0 Å². The maximum Gasteiger partial charge on any atom is 0.244 e. The zero-order valence-corrected chi connectivity index (χ0v) is 19.7. The Morgan fingerprint density at radius 1 is 1.19 bits per heavy atom. The number of hydrogen-bond donors (Lipinski definition) is 0. The Bertz CT molecular complexity index is 1090. The number of allylic oxidation sites excluding steroid dienone is 2. The lowest BCUT2D eigenvalue weighted by Crippen LogP contribution is -2.34. The molecule has 10 heteroatoms. The molecule has 2 aliphatic carbocycles. The summed E-state index contributed by atoms with van der Waals surface area (Å²) in [5.74, 6) is 0.339. The highest BCUT2D eigenvalue weighted by atomic mass is 32.2. The largest absolute Gasteiger partial charge is 0.313 e. The lowest BCUT2D eigenvalue weighted by atomic mass is 10.0. The van der Waals surface area contributed by atoms with Gasteiger partial charge in [-0.25, -0.2) is 8.42 Å². The van der Waals surface area contributed by atoms with Crippen LogP contribution in [0, 0.1) is 0 Å². The summed E-state index contributed by atoms with van der Waals surface area (Å²) in [6.07, 6.45) is 10.2. The van der Waals surface area contributed by atoms with Crippen LogP contribution in [0.4, 0.5) is 0 Å². The van der Waals surface area contributed by atoms with E-state index in [-0.39, 0.29) is 16.6 Å². The number of aromatic nitrogens is 3. The van der Waals surface area contributed by atoms with Crippen LogP contribution in [0.2, 0.25) is 0 Å². The van der Waals surface area contributed by atoms with Crippen LogP contribution in [-0.4, -0.2) is 63.0 Å². The number of rotatable bonds is 9. The second kappa shape index (κ2) is 9.30. The molecule has 0 aromatic carbocycles. The number of nitrogens with zero attached hydrogens (tertiary/aromatic N) is 5. The van der Waals surface area contributed by atoms with Crippen LogP contribution < -0.4 is 0 Å². The Balaban J connectivity index is 1.53. The molecule has 8 nitrogen and oxygen atoms in total. The van der Waals surface area contributed by atoms with Crippen molar-refractivity contribution in [2.75, 3.05) is 18.8 Å². The van der Waals surface area contributed by atoms with Gasteiger partial charge in [-0.2, -0.15) is 4.31 Å². The minimum Gasteiger partial charge on any atom is -0.313 e. The second-order valence-electron chi connectivity index (χ2n) is 7.89. The third kappa shape index (κ3) is 4.65. The van der Waals surface area contributed by atoms with Crippen LogP contribution in [0.1, 0.15) is 52.4 Å². The molecule has 168 valence electrons. The summed E-state index contributed by atoms with van der Waals surface area (Å²) in [6, 6.07) is 3.54. The predicted molar refractivity (Wildman–Crippen MR) is 120 cm³/mol. The van der Waals surface area contributed by atoms with Crippen molar-refractivity contribution in [2.45, 2.75) is 68.5 Å². The molecule has 0 N–H and O–H groups in total. The predicted octanol–water partition coefficient (Wildman–Crippen LogP) is 3.30. The van der Waals surface area contributed by atoms with E-state index in [9.17, 15) is 13.2 Å². The molecule has 31 heavy (non-hydrogen) atoms. The minimum absolute atomic E-state index is 0.0873. The summed E-state index contributed by atoms with van der Waals surface area (Å²) in [7, 11) is -3.58. The summed E-state index contributed by atoms with van der Waals surface area (Å²) in [4.78, 5) is 15.2. The van der Waals surface area contributed by atoms with Gasteiger partial charge >= 0.3 is 0 Å². The summed E-state index contributed by atoms with van der Waals surface area (Å²) in [5, 5.41) is 8.85. The van der Waals surface area contributed by atoms with Gasteiger partial charge in [0.15, 0.2) is 10.8 Å². The van der Waals surface area contributed by atoms with Crippen molar-refractivity contribution in [1.82, 2.24) is 23.8 Å². The first kappa shape index (κ1) is 22.3. The van der Waals surface area contributed by atoms with Gasteiger partial charge in [0.1, 0.15) is 0 Å². The maximum atomic E-state index is 13.1. The highest BCUT2D eigenvalue weighted by Gasteiger charge is 2.35. The van der Waals surface area contributed by atoms with E-state index in [2.05, 4.69) is 16.3 Å². The van der Waals surface area contributed by atoms with Gasteiger partial charge < -0.3 is 4.90 Å². The molecular weight excluding hydrogens is 434 g/mol. The van der Waals surface area contributed by atoms with Gasteiger partial charge in [0.2, 0.25) is 15.9 Å². The summed E-state index contributed by atoms with van der Waals surface area (Å²) in [5.41, 5.74) is 1.72. The lowest BCUT2D eigenvalue weighted by Gasteiger charge is -2.27. The summed E-state index contributed by atoms with van der Waals surface area (Å²) >= 11 is 1.30. The van der Waals surface area contributed by atoms with E-state index in [1.165, 1.54) is 22.5 Å². The van der Waals surface area contributed by atoms with Crippen molar-refractivity contribution in [1.29, 1.82) is 0 Å². The van der Waals surface area contributed by atoms with E-state index in [0.29, 0.717) is 29.9 Å². The highest BCUT2D eigenvalue weighted by molar-refractivity contribution is 7.99. The first-order chi connectivity index (χ1) is 15.0. The molecule has 0 bridgehead atoms. The maximum absolute atomic E-state index is 13.1. The Hall–Kier alpha value is -1.91. The molecule has 0 unspecified atom stereocenters. The van der Waals surface area contributed by atoms with Crippen LogP contribution in [0.25, 0.3) is 5.65 Å². The molecule has 2 heterocycles. The fourth-order valence-electron chi connectivity index (χ4n) is 3.98. The molecule has 0 aliphatic heterocycles. The SMILES string of the molecule is CCN(CC)S(=O)(=O)c1ccc2nnc(SCC(=O)N(C3=CCCCC3)C3CC3)n2c1. The fourth-order valence-corrected chi connectivity index (χ4v) is 6.21.